The van der Waals surface area contributed by atoms with E-state index in [2.05, 4.69) is 31.7 Å². The number of aromatic amines is 1. The van der Waals surface area contributed by atoms with Crippen molar-refractivity contribution in [2.24, 2.45) is 11.7 Å². The molecule has 1 saturated heterocycles. The van der Waals surface area contributed by atoms with Crippen LogP contribution in [-0.2, 0) is 51.2 Å². The average molecular weight is 862 g/mol. The maximum atomic E-state index is 14.3. The molecule has 0 aliphatic carbocycles. The van der Waals surface area contributed by atoms with Gasteiger partial charge < -0.3 is 42.2 Å². The largest absolute Gasteiger partial charge is 0.508 e. The third-order valence-corrected chi connectivity index (χ3v) is 10.3. The molecule has 5 atom stereocenters. The number of hydrazine groups is 1. The number of hydrogen-bond acceptors (Lipinski definition) is 13. The second-order valence-electron chi connectivity index (χ2n) is 16.2. The average Bonchev–Trinajstić information content (AvgIpc) is 3.62. The number of nitrogens with zero attached hydrogens (tertiary/aromatic N) is 2. The van der Waals surface area contributed by atoms with Crippen LogP contribution in [0.3, 0.4) is 0 Å². The first-order valence-corrected chi connectivity index (χ1v) is 20.6. The molecular formula is C43H59N9O10. The van der Waals surface area contributed by atoms with Crippen LogP contribution < -0.4 is 32.4 Å². The van der Waals surface area contributed by atoms with E-state index in [0.29, 0.717) is 24.1 Å². The van der Waals surface area contributed by atoms with E-state index in [1.807, 2.05) is 43.0 Å². The van der Waals surface area contributed by atoms with Crippen molar-refractivity contribution in [3.8, 4) is 5.75 Å². The van der Waals surface area contributed by atoms with E-state index in [-0.39, 0.29) is 62.8 Å². The number of carbonyl (C=O) groups excluding carboxylic acids is 8. The van der Waals surface area contributed by atoms with Crippen LogP contribution in [0.1, 0.15) is 64.0 Å². The summed E-state index contributed by atoms with van der Waals surface area (Å²) in [6.45, 7) is 4.44. The molecule has 62 heavy (non-hydrogen) atoms. The predicted molar refractivity (Wildman–Crippen MR) is 228 cm³/mol. The molecule has 0 radical (unpaired) electrons. The number of benzene rings is 2. The number of nitrogens with two attached hydrogens (primary N) is 1. The number of carbonyl (C=O) groups is 8. The smallest absolute Gasteiger partial charge is 0.245 e. The summed E-state index contributed by atoms with van der Waals surface area (Å²) in [4.78, 5) is 113. The SMILES string of the molecule is CC(=O)CN1CN(C)CCCC(=O)N[C@@H](Cc2c[nH]c3ccccc23)C(=O)NC(CO)C(=O)N[C@@H](CCC(N)=O)C(=O)NC(Cc2ccc(O)cc2)C(=O)C(=O)[C@H](CC(C)C)N1. The molecule has 336 valence electrons. The molecule has 2 aromatic carbocycles. The van der Waals surface area contributed by atoms with E-state index in [1.165, 1.54) is 36.2 Å². The molecule has 1 fully saturated rings. The molecule has 1 aliphatic rings. The number of Topliss-reactive ketones (excluding diaryl/α,β-unsaturated/α-hetero) is 3. The normalized spacial score (nSPS) is 22.6. The van der Waals surface area contributed by atoms with Crippen molar-refractivity contribution in [2.75, 3.05) is 33.4 Å². The molecule has 1 aliphatic heterocycles. The van der Waals surface area contributed by atoms with E-state index in [1.54, 1.807) is 13.2 Å². The fraction of sp³-hybridized carbons (Fsp3) is 0.488. The number of aliphatic hydroxyl groups excluding tert-OH is 1. The molecule has 0 spiro atoms. The molecule has 10 N–H and O–H groups in total. The van der Waals surface area contributed by atoms with Crippen molar-refractivity contribution in [3.63, 3.8) is 0 Å². The lowest BCUT2D eigenvalue weighted by atomic mass is 9.92. The molecule has 19 nitrogen and oxygen atoms in total. The maximum absolute atomic E-state index is 14.3. The first-order valence-electron chi connectivity index (χ1n) is 20.6. The standard InChI is InChI=1S/C43H59N9O10/c1-25(2)18-34-40(59)39(58)33(19-27-11-13-29(55)14-12-27)48-41(60)32(15-16-37(44)56)47-43(62)36(23-53)49-42(61)35(20-28-21-45-31-9-6-5-8-30(28)31)46-38(57)10-7-17-51(4)24-52(50-34)22-26(3)54/h5-6,8-9,11-14,21,25,32-36,45,50,53,55H,7,10,15-20,22-24H2,1-4H3,(H2,44,56)(H,46,57)(H,47,62)(H,48,60)(H,49,61)/t32-,33?,34-,35-,36?/m0/s1. The van der Waals surface area contributed by atoms with Crippen molar-refractivity contribution >= 4 is 57.8 Å². The van der Waals surface area contributed by atoms with Crippen molar-refractivity contribution in [1.82, 2.24) is 41.6 Å². The van der Waals surface area contributed by atoms with Gasteiger partial charge in [-0.2, -0.15) is 0 Å². The summed E-state index contributed by atoms with van der Waals surface area (Å²) in [6.07, 6.45) is 1.18. The summed E-state index contributed by atoms with van der Waals surface area (Å²) in [6, 6.07) is 6.03. The summed E-state index contributed by atoms with van der Waals surface area (Å²) in [5.41, 5.74) is 10.4. The lowest BCUT2D eigenvalue weighted by molar-refractivity contribution is -0.142. The number of ketones is 3. The van der Waals surface area contributed by atoms with E-state index in [4.69, 9.17) is 5.73 Å². The van der Waals surface area contributed by atoms with Gasteiger partial charge in [-0.1, -0.05) is 44.2 Å². The lowest BCUT2D eigenvalue weighted by Crippen LogP contribution is -2.60. The molecule has 2 heterocycles. The third kappa shape index (κ3) is 14.9. The zero-order chi connectivity index (χ0) is 45.5. The summed E-state index contributed by atoms with van der Waals surface area (Å²) >= 11 is 0. The Morgan fingerprint density at radius 3 is 2.11 bits per heavy atom. The molecule has 0 saturated carbocycles. The number of phenols is 1. The Bertz CT molecular complexity index is 2070. The van der Waals surface area contributed by atoms with Gasteiger partial charge in [0.15, 0.2) is 0 Å². The van der Waals surface area contributed by atoms with Gasteiger partial charge in [0.2, 0.25) is 41.1 Å². The number of aromatic hydroxyl groups is 1. The summed E-state index contributed by atoms with van der Waals surface area (Å²) in [7, 11) is 1.75. The van der Waals surface area contributed by atoms with Gasteiger partial charge in [-0.05, 0) is 75.0 Å². The van der Waals surface area contributed by atoms with Crippen molar-refractivity contribution in [3.05, 3.63) is 65.9 Å². The fourth-order valence-corrected chi connectivity index (χ4v) is 7.17. The van der Waals surface area contributed by atoms with Gasteiger partial charge in [-0.15, -0.1) is 0 Å². The van der Waals surface area contributed by atoms with Gasteiger partial charge in [-0.25, -0.2) is 10.4 Å². The molecule has 4 rings (SSSR count). The highest BCUT2D eigenvalue weighted by Gasteiger charge is 2.36. The molecule has 2 unspecified atom stereocenters. The van der Waals surface area contributed by atoms with Gasteiger partial charge in [-0.3, -0.25) is 43.3 Å². The van der Waals surface area contributed by atoms with Gasteiger partial charge in [0, 0.05) is 42.8 Å². The third-order valence-electron chi connectivity index (χ3n) is 10.3. The Hall–Kier alpha value is -6.02. The van der Waals surface area contributed by atoms with Crippen LogP contribution in [0.4, 0.5) is 0 Å². The predicted octanol–water partition coefficient (Wildman–Crippen LogP) is -0.513. The second kappa shape index (κ2) is 23.3. The number of para-hydroxylation sites is 1. The zero-order valence-electron chi connectivity index (χ0n) is 35.6. The van der Waals surface area contributed by atoms with Crippen LogP contribution in [0.5, 0.6) is 5.75 Å². The van der Waals surface area contributed by atoms with E-state index < -0.39 is 84.3 Å². The highest BCUT2D eigenvalue weighted by Crippen LogP contribution is 2.20. The highest BCUT2D eigenvalue weighted by atomic mass is 16.3. The Morgan fingerprint density at radius 1 is 0.823 bits per heavy atom. The van der Waals surface area contributed by atoms with Crippen LogP contribution in [-0.4, -0.2) is 136 Å². The number of amides is 5. The minimum absolute atomic E-state index is 0.00326. The Kier molecular flexibility index (Phi) is 18.3. The number of primary amides is 1. The number of phenolic OH excluding ortho intramolecular Hbond substituents is 1. The van der Waals surface area contributed by atoms with Crippen LogP contribution in [0.2, 0.25) is 0 Å². The van der Waals surface area contributed by atoms with Crippen LogP contribution in [0.25, 0.3) is 10.9 Å². The van der Waals surface area contributed by atoms with Crippen LogP contribution >= 0.6 is 0 Å². The van der Waals surface area contributed by atoms with Gasteiger partial charge in [0.1, 0.15) is 29.7 Å². The number of fused-ring (bicyclic) bond motifs is 1. The number of nitrogens with one attached hydrogen (secondary N) is 6. The minimum atomic E-state index is -1.64. The Morgan fingerprint density at radius 2 is 1.45 bits per heavy atom. The van der Waals surface area contributed by atoms with Crippen LogP contribution in [0, 0.1) is 5.92 Å². The van der Waals surface area contributed by atoms with E-state index in [9.17, 15) is 48.6 Å². The lowest BCUT2D eigenvalue weighted by Gasteiger charge is -2.32. The molecule has 0 bridgehead atoms. The maximum Gasteiger partial charge on any atom is 0.245 e. The van der Waals surface area contributed by atoms with Crippen molar-refractivity contribution in [1.29, 1.82) is 0 Å². The Balaban J connectivity index is 1.74. The second-order valence-corrected chi connectivity index (χ2v) is 16.2. The number of H-pyrrole nitrogens is 1. The molecule has 1 aromatic heterocycles. The number of hydrogen-bond donors (Lipinski definition) is 9. The molecule has 5 amide bonds. The topological polar surface area (TPSA) is 285 Å². The van der Waals surface area contributed by atoms with Crippen LogP contribution in [0.15, 0.2) is 54.7 Å². The van der Waals surface area contributed by atoms with Crippen molar-refractivity contribution < 1.29 is 48.6 Å². The Labute approximate surface area is 359 Å². The first kappa shape index (κ1) is 48.6. The minimum Gasteiger partial charge on any atom is -0.508 e. The van der Waals surface area contributed by atoms with E-state index in [0.717, 1.165) is 10.9 Å². The number of rotatable bonds is 12. The van der Waals surface area contributed by atoms with E-state index >= 15 is 0 Å². The monoisotopic (exact) mass is 861 g/mol. The molecule has 19 heteroatoms. The quantitative estimate of drug-likeness (QED) is 0.104. The van der Waals surface area contributed by atoms with Gasteiger partial charge >= 0.3 is 0 Å². The first-order chi connectivity index (χ1) is 29.4. The fourth-order valence-electron chi connectivity index (χ4n) is 7.17. The highest BCUT2D eigenvalue weighted by molar-refractivity contribution is 6.41. The molecule has 3 aromatic rings. The summed E-state index contributed by atoms with van der Waals surface area (Å²) in [5.74, 6) is -6.43. The summed E-state index contributed by atoms with van der Waals surface area (Å²) < 4.78 is 0. The molecular weight excluding hydrogens is 803 g/mol. The zero-order valence-corrected chi connectivity index (χ0v) is 35.6. The summed E-state index contributed by atoms with van der Waals surface area (Å²) in [5, 5.41) is 32.8. The van der Waals surface area contributed by atoms with Gasteiger partial charge in [0.05, 0.1) is 31.9 Å². The van der Waals surface area contributed by atoms with Crippen molar-refractivity contribution in [2.45, 2.75) is 95.9 Å². The number of aliphatic hydroxyl groups is 1. The van der Waals surface area contributed by atoms with Gasteiger partial charge in [0.25, 0.3) is 0 Å². The number of aromatic nitrogens is 1.